The maximum atomic E-state index is 12.8. The van der Waals surface area contributed by atoms with Gasteiger partial charge < -0.3 is 15.2 Å². The molecule has 0 aliphatic carbocycles. The minimum absolute atomic E-state index is 0.0871. The molecule has 3 heterocycles. The summed E-state index contributed by atoms with van der Waals surface area (Å²) in [5.74, 6) is -0.345. The molecule has 0 spiro atoms. The van der Waals surface area contributed by atoms with Crippen LogP contribution in [0.5, 0.6) is 5.88 Å². The molecule has 2 N–H and O–H groups in total. The van der Waals surface area contributed by atoms with Gasteiger partial charge in [0, 0.05) is 11.1 Å². The van der Waals surface area contributed by atoms with Crippen molar-refractivity contribution < 1.29 is 14.3 Å². The summed E-state index contributed by atoms with van der Waals surface area (Å²) < 4.78 is 11.4. The third kappa shape index (κ3) is 4.68. The number of benzene rings is 1. The number of thiophene rings is 2. The molecule has 31 heavy (non-hydrogen) atoms. The number of nitrogens with zero attached hydrogens (tertiary/aromatic N) is 1. The first-order valence-electron chi connectivity index (χ1n) is 9.53. The van der Waals surface area contributed by atoms with E-state index in [1.165, 1.54) is 6.08 Å². The molecule has 0 amide bonds. The fraction of sp³-hybridized carbons (Fsp3) is 0.0833. The van der Waals surface area contributed by atoms with E-state index in [2.05, 4.69) is 11.6 Å². The summed E-state index contributed by atoms with van der Waals surface area (Å²) in [5.41, 5.74) is 10.0. The number of ether oxygens (including phenoxy) is 2. The van der Waals surface area contributed by atoms with E-state index >= 15 is 0 Å². The summed E-state index contributed by atoms with van der Waals surface area (Å²) >= 11 is 3.15. The van der Waals surface area contributed by atoms with Gasteiger partial charge in [-0.3, -0.25) is 0 Å². The van der Waals surface area contributed by atoms with Crippen molar-refractivity contribution in [2.45, 2.75) is 6.10 Å². The number of aromatic nitrogens is 1. The first kappa shape index (κ1) is 20.8. The molecule has 0 aliphatic heterocycles. The third-order valence-electron chi connectivity index (χ3n) is 4.52. The van der Waals surface area contributed by atoms with Gasteiger partial charge in [0.05, 0.1) is 10.6 Å². The molecule has 5 nitrogen and oxygen atoms in total. The number of rotatable bonds is 8. The highest BCUT2D eigenvalue weighted by molar-refractivity contribution is 7.13. The predicted octanol–water partition coefficient (Wildman–Crippen LogP) is 5.97. The second-order valence-electron chi connectivity index (χ2n) is 6.59. The number of esters is 1. The lowest BCUT2D eigenvalue weighted by Crippen LogP contribution is -2.22. The molecule has 0 radical (unpaired) electrons. The predicted molar refractivity (Wildman–Crippen MR) is 126 cm³/mol. The van der Waals surface area contributed by atoms with Gasteiger partial charge in [-0.2, -0.15) is 11.3 Å². The number of nitrogens with two attached hydrogens (primary N) is 1. The summed E-state index contributed by atoms with van der Waals surface area (Å²) in [6, 6.07) is 17.0. The molecule has 0 saturated heterocycles. The van der Waals surface area contributed by atoms with Gasteiger partial charge >= 0.3 is 5.97 Å². The first-order chi connectivity index (χ1) is 15.2. The zero-order valence-electron chi connectivity index (χ0n) is 16.6. The smallest absolute Gasteiger partial charge is 0.352 e. The largest absolute Gasteiger partial charge is 0.458 e. The van der Waals surface area contributed by atoms with E-state index in [9.17, 15) is 4.79 Å². The van der Waals surface area contributed by atoms with Gasteiger partial charge in [0.25, 0.3) is 0 Å². The van der Waals surface area contributed by atoms with Crippen LogP contribution in [0, 0.1) is 0 Å². The Bertz CT molecular complexity index is 1160. The summed E-state index contributed by atoms with van der Waals surface area (Å²) in [5, 5.41) is 5.98. The van der Waals surface area contributed by atoms with Crippen LogP contribution in [0.15, 0.2) is 83.4 Å². The lowest BCUT2D eigenvalue weighted by molar-refractivity contribution is -0.151. The van der Waals surface area contributed by atoms with Crippen molar-refractivity contribution in [2.24, 2.45) is 0 Å². The highest BCUT2D eigenvalue weighted by Gasteiger charge is 2.27. The molecule has 7 heteroatoms. The van der Waals surface area contributed by atoms with Crippen molar-refractivity contribution in [3.05, 3.63) is 89.0 Å². The molecular formula is C24H20N2O3S2. The second-order valence-corrected chi connectivity index (χ2v) is 8.32. The Morgan fingerprint density at radius 3 is 2.68 bits per heavy atom. The van der Waals surface area contributed by atoms with Crippen LogP contribution in [-0.4, -0.2) is 17.6 Å². The lowest BCUT2D eigenvalue weighted by atomic mass is 10.1. The zero-order chi connectivity index (χ0) is 21.6. The van der Waals surface area contributed by atoms with Crippen molar-refractivity contribution in [3.8, 4) is 27.6 Å². The van der Waals surface area contributed by atoms with Gasteiger partial charge in [0.2, 0.25) is 12.0 Å². The molecule has 0 bridgehead atoms. The van der Waals surface area contributed by atoms with Crippen molar-refractivity contribution >= 4 is 34.3 Å². The van der Waals surface area contributed by atoms with Crippen LogP contribution in [-0.2, 0) is 9.53 Å². The molecule has 1 aromatic carbocycles. The quantitative estimate of drug-likeness (QED) is 0.265. The Morgan fingerprint density at radius 1 is 1.16 bits per heavy atom. The zero-order valence-corrected chi connectivity index (χ0v) is 18.2. The number of carbonyl (C=O) groups excluding carboxylic acids is 1. The Labute approximate surface area is 188 Å². The van der Waals surface area contributed by atoms with Crippen molar-refractivity contribution in [1.29, 1.82) is 0 Å². The summed E-state index contributed by atoms with van der Waals surface area (Å²) in [7, 11) is 0. The normalized spacial score (nSPS) is 11.6. The molecule has 0 saturated carbocycles. The van der Waals surface area contributed by atoms with E-state index in [1.54, 1.807) is 34.8 Å². The topological polar surface area (TPSA) is 74.4 Å². The van der Waals surface area contributed by atoms with Crippen molar-refractivity contribution in [3.63, 3.8) is 0 Å². The van der Waals surface area contributed by atoms with E-state index < -0.39 is 12.1 Å². The Balaban J connectivity index is 1.79. The average molecular weight is 449 g/mol. The molecule has 4 rings (SSSR count). The molecule has 0 aliphatic rings. The van der Waals surface area contributed by atoms with Crippen molar-refractivity contribution in [2.75, 3.05) is 12.3 Å². The third-order valence-corrected chi connectivity index (χ3v) is 6.09. The highest BCUT2D eigenvalue weighted by Crippen LogP contribution is 2.39. The van der Waals surface area contributed by atoms with E-state index in [0.29, 0.717) is 11.3 Å². The van der Waals surface area contributed by atoms with Gasteiger partial charge in [-0.15, -0.1) is 11.3 Å². The van der Waals surface area contributed by atoms with Crippen molar-refractivity contribution in [1.82, 2.24) is 4.98 Å². The summed E-state index contributed by atoms with van der Waals surface area (Å²) in [6.07, 6.45) is 0.503. The minimum atomic E-state index is -1.01. The van der Waals surface area contributed by atoms with Crippen LogP contribution in [0.1, 0.15) is 11.7 Å². The average Bonchev–Trinajstić information content (AvgIpc) is 3.52. The number of hydrogen-bond donors (Lipinski definition) is 1. The number of nitrogen functional groups attached to an aromatic ring is 1. The van der Waals surface area contributed by atoms with Crippen LogP contribution < -0.4 is 10.5 Å². The minimum Gasteiger partial charge on any atom is -0.458 e. The van der Waals surface area contributed by atoms with Gasteiger partial charge in [0.15, 0.2) is 0 Å². The molecule has 156 valence electrons. The van der Waals surface area contributed by atoms with Gasteiger partial charge in [-0.05, 0) is 39.9 Å². The Kier molecular flexibility index (Phi) is 6.45. The highest BCUT2D eigenvalue weighted by atomic mass is 32.1. The van der Waals surface area contributed by atoms with Crippen LogP contribution in [0.2, 0.25) is 0 Å². The lowest BCUT2D eigenvalue weighted by Gasteiger charge is -2.20. The van der Waals surface area contributed by atoms with Gasteiger partial charge in [0.1, 0.15) is 12.3 Å². The Morgan fingerprint density at radius 2 is 2.00 bits per heavy atom. The van der Waals surface area contributed by atoms with E-state index in [4.69, 9.17) is 15.2 Å². The number of anilines is 1. The Hall–Kier alpha value is -3.42. The first-order valence-corrected chi connectivity index (χ1v) is 11.4. The fourth-order valence-electron chi connectivity index (χ4n) is 3.04. The monoisotopic (exact) mass is 448 g/mol. The van der Waals surface area contributed by atoms with E-state index in [0.717, 1.165) is 21.7 Å². The maximum absolute atomic E-state index is 12.8. The number of carbonyl (C=O) groups is 1. The van der Waals surface area contributed by atoms with E-state index in [1.807, 2.05) is 58.6 Å². The fourth-order valence-corrected chi connectivity index (χ4v) is 4.38. The SMILES string of the molecule is C=CCOC(=O)C(Oc1nc(-c2cccs2)cc(-c2ccsc2)c1N)c1ccccc1. The molecule has 4 aromatic rings. The standard InChI is InChI=1S/C24H20N2O3S2/c1-2-11-28-24(27)22(16-7-4-3-5-8-16)29-23-21(25)18(17-10-13-30-15-17)14-19(26-23)20-9-6-12-31-20/h2-10,12-15,22H,1,11,25H2. The summed E-state index contributed by atoms with van der Waals surface area (Å²) in [6.45, 7) is 3.68. The molecule has 1 atom stereocenters. The molecular weight excluding hydrogens is 428 g/mol. The second kappa shape index (κ2) is 9.59. The maximum Gasteiger partial charge on any atom is 0.352 e. The van der Waals surface area contributed by atoms with Crippen LogP contribution >= 0.6 is 22.7 Å². The summed E-state index contributed by atoms with van der Waals surface area (Å²) in [4.78, 5) is 18.4. The van der Waals surface area contributed by atoms with Gasteiger partial charge in [-0.25, -0.2) is 9.78 Å². The molecule has 1 unspecified atom stereocenters. The van der Waals surface area contributed by atoms with E-state index in [-0.39, 0.29) is 12.5 Å². The number of pyridine rings is 1. The molecule has 3 aromatic heterocycles. The van der Waals surface area contributed by atoms with Crippen LogP contribution in [0.4, 0.5) is 5.69 Å². The number of hydrogen-bond acceptors (Lipinski definition) is 7. The van der Waals surface area contributed by atoms with Crippen LogP contribution in [0.25, 0.3) is 21.7 Å². The van der Waals surface area contributed by atoms with Crippen LogP contribution in [0.3, 0.4) is 0 Å². The molecule has 0 fully saturated rings. The van der Waals surface area contributed by atoms with Gasteiger partial charge in [-0.1, -0.05) is 49.1 Å².